The van der Waals surface area contributed by atoms with E-state index in [0.29, 0.717) is 13.2 Å². The molecular weight excluding hydrogens is 342 g/mol. The highest BCUT2D eigenvalue weighted by Gasteiger charge is 2.32. The molecule has 0 amide bonds. The summed E-state index contributed by atoms with van der Waals surface area (Å²) in [6.07, 6.45) is 2.12. The van der Waals surface area contributed by atoms with Gasteiger partial charge in [0.05, 0.1) is 11.4 Å². The van der Waals surface area contributed by atoms with Crippen molar-refractivity contribution in [3.05, 3.63) is 28.2 Å². The van der Waals surface area contributed by atoms with Crippen LogP contribution in [-0.4, -0.2) is 32.6 Å². The Hall–Kier alpha value is -0.590. The fourth-order valence-electron chi connectivity index (χ4n) is 2.08. The monoisotopic (exact) mass is 361 g/mol. The smallest absolute Gasteiger partial charge is 0.153 e. The molecule has 0 saturated carbocycles. The first-order valence-corrected chi connectivity index (χ1v) is 9.24. The van der Waals surface area contributed by atoms with Crippen molar-refractivity contribution in [3.8, 4) is 5.75 Å². The summed E-state index contributed by atoms with van der Waals surface area (Å²) in [6, 6.07) is 6.04. The van der Waals surface area contributed by atoms with E-state index in [1.807, 2.05) is 18.2 Å². The molecule has 6 heteroatoms. The molecule has 1 aromatic rings. The summed E-state index contributed by atoms with van der Waals surface area (Å²) in [5.74, 6) is 0.870. The lowest BCUT2D eigenvalue weighted by atomic mass is 10.00. The van der Waals surface area contributed by atoms with Gasteiger partial charge in [0.25, 0.3) is 0 Å². The molecule has 1 aromatic carbocycles. The van der Waals surface area contributed by atoms with Gasteiger partial charge in [-0.1, -0.05) is 15.9 Å². The van der Waals surface area contributed by atoms with Crippen molar-refractivity contribution >= 4 is 25.8 Å². The van der Waals surface area contributed by atoms with Crippen LogP contribution in [0.3, 0.4) is 0 Å². The third-order valence-electron chi connectivity index (χ3n) is 3.79. The lowest BCUT2D eigenvalue weighted by Crippen LogP contribution is -2.43. The summed E-state index contributed by atoms with van der Waals surface area (Å²) in [6.45, 7) is 4.56. The molecule has 0 bridgehead atoms. The van der Waals surface area contributed by atoms with E-state index in [4.69, 9.17) is 4.74 Å². The Bertz CT molecular complexity index is 598. The second kappa shape index (κ2) is 5.66. The number of ether oxygens (including phenoxy) is 1. The Morgan fingerprint density at radius 3 is 2.80 bits per heavy atom. The normalized spacial score (nSPS) is 19.3. The molecule has 0 radical (unpaired) electrons. The third kappa shape index (κ3) is 3.35. The minimum absolute atomic E-state index is 0.122. The van der Waals surface area contributed by atoms with Gasteiger partial charge in [-0.15, -0.1) is 0 Å². The number of fused-ring (bicyclic) bond motifs is 1. The lowest BCUT2D eigenvalue weighted by molar-refractivity contribution is 0.251. The molecule has 20 heavy (non-hydrogen) atoms. The van der Waals surface area contributed by atoms with E-state index in [2.05, 4.69) is 21.2 Å². The minimum atomic E-state index is -3.09. The van der Waals surface area contributed by atoms with Crippen LogP contribution in [0.15, 0.2) is 22.7 Å². The van der Waals surface area contributed by atoms with Gasteiger partial charge in [-0.25, -0.2) is 8.42 Å². The molecule has 1 atom stereocenters. The molecule has 0 saturated heterocycles. The van der Waals surface area contributed by atoms with E-state index in [1.54, 1.807) is 13.8 Å². The van der Waals surface area contributed by atoms with E-state index in [9.17, 15) is 8.42 Å². The van der Waals surface area contributed by atoms with Crippen LogP contribution in [0.2, 0.25) is 0 Å². The molecule has 2 rings (SSSR count). The molecule has 1 N–H and O–H groups in total. The van der Waals surface area contributed by atoms with Gasteiger partial charge in [-0.2, -0.15) is 0 Å². The second-order valence-electron chi connectivity index (χ2n) is 5.78. The van der Waals surface area contributed by atoms with Crippen LogP contribution in [0.1, 0.15) is 31.9 Å². The SMILES string of the molecule is CC(C)(CNC1CCOc2ccc(Br)cc21)S(C)(=O)=O. The van der Waals surface area contributed by atoms with Crippen LogP contribution in [0.5, 0.6) is 5.75 Å². The van der Waals surface area contributed by atoms with Gasteiger partial charge in [0, 0.05) is 35.3 Å². The second-order valence-corrected chi connectivity index (χ2v) is 9.35. The van der Waals surface area contributed by atoms with Gasteiger partial charge in [-0.3, -0.25) is 0 Å². The van der Waals surface area contributed by atoms with Gasteiger partial charge < -0.3 is 10.1 Å². The van der Waals surface area contributed by atoms with Crippen LogP contribution >= 0.6 is 15.9 Å². The van der Waals surface area contributed by atoms with Crippen molar-refractivity contribution in [1.29, 1.82) is 0 Å². The average Bonchev–Trinajstić information content (AvgIpc) is 2.35. The Labute approximate surface area is 129 Å². The first kappa shape index (κ1) is 15.8. The largest absolute Gasteiger partial charge is 0.493 e. The number of hydrogen-bond donors (Lipinski definition) is 1. The number of sulfone groups is 1. The zero-order chi connectivity index (χ0) is 15.0. The molecule has 0 fully saturated rings. The molecule has 112 valence electrons. The van der Waals surface area contributed by atoms with Crippen molar-refractivity contribution in [2.45, 2.75) is 31.1 Å². The molecule has 1 unspecified atom stereocenters. The molecular formula is C14H20BrNO3S. The van der Waals surface area contributed by atoms with Crippen molar-refractivity contribution in [2.24, 2.45) is 0 Å². The molecule has 1 aliphatic rings. The van der Waals surface area contributed by atoms with Crippen LogP contribution in [0, 0.1) is 0 Å². The van der Waals surface area contributed by atoms with Crippen LogP contribution < -0.4 is 10.1 Å². The summed E-state index contributed by atoms with van der Waals surface area (Å²) < 4.78 is 29.4. The maximum atomic E-state index is 11.8. The van der Waals surface area contributed by atoms with E-state index in [1.165, 1.54) is 6.26 Å². The van der Waals surface area contributed by atoms with Gasteiger partial charge in [-0.05, 0) is 32.0 Å². The fourth-order valence-corrected chi connectivity index (χ4v) is 2.80. The van der Waals surface area contributed by atoms with Gasteiger partial charge in [0.1, 0.15) is 5.75 Å². The fraction of sp³-hybridized carbons (Fsp3) is 0.571. The van der Waals surface area contributed by atoms with E-state index >= 15 is 0 Å². The highest BCUT2D eigenvalue weighted by atomic mass is 79.9. The number of benzene rings is 1. The van der Waals surface area contributed by atoms with E-state index in [0.717, 1.165) is 22.2 Å². The number of nitrogens with one attached hydrogen (secondary N) is 1. The zero-order valence-corrected chi connectivity index (χ0v) is 14.3. The molecule has 1 aliphatic heterocycles. The maximum Gasteiger partial charge on any atom is 0.153 e. The summed E-state index contributed by atoms with van der Waals surface area (Å²) >= 11 is 3.46. The first-order valence-electron chi connectivity index (χ1n) is 6.56. The highest BCUT2D eigenvalue weighted by molar-refractivity contribution is 9.10. The lowest BCUT2D eigenvalue weighted by Gasteiger charge is -2.30. The zero-order valence-electron chi connectivity index (χ0n) is 11.9. The highest BCUT2D eigenvalue weighted by Crippen LogP contribution is 2.34. The molecule has 4 nitrogen and oxygen atoms in total. The molecule has 0 aromatic heterocycles. The van der Waals surface area contributed by atoms with Gasteiger partial charge >= 0.3 is 0 Å². The van der Waals surface area contributed by atoms with Crippen molar-refractivity contribution in [2.75, 3.05) is 19.4 Å². The first-order chi connectivity index (χ1) is 9.21. The summed E-state index contributed by atoms with van der Waals surface area (Å²) in [7, 11) is -3.09. The molecule has 0 aliphatic carbocycles. The average molecular weight is 362 g/mol. The number of hydrogen-bond acceptors (Lipinski definition) is 4. The van der Waals surface area contributed by atoms with E-state index < -0.39 is 14.6 Å². The van der Waals surface area contributed by atoms with Crippen molar-refractivity contribution in [3.63, 3.8) is 0 Å². The quantitative estimate of drug-likeness (QED) is 0.895. The van der Waals surface area contributed by atoms with Crippen molar-refractivity contribution in [1.82, 2.24) is 5.32 Å². The van der Waals surface area contributed by atoms with Crippen molar-refractivity contribution < 1.29 is 13.2 Å². The molecule has 0 spiro atoms. The van der Waals surface area contributed by atoms with Crippen LogP contribution in [0.4, 0.5) is 0 Å². The standard InChI is InChI=1S/C14H20BrNO3S/c1-14(2,20(3,17)18)9-16-12-6-7-19-13-5-4-10(15)8-11(12)13/h4-5,8,12,16H,6-7,9H2,1-3H3. The Kier molecular flexibility index (Phi) is 4.47. The molecule has 1 heterocycles. The van der Waals surface area contributed by atoms with E-state index in [-0.39, 0.29) is 6.04 Å². The Balaban J connectivity index is 2.15. The summed E-state index contributed by atoms with van der Waals surface area (Å²) in [4.78, 5) is 0. The predicted molar refractivity (Wildman–Crippen MR) is 83.9 cm³/mol. The van der Waals surface area contributed by atoms with Gasteiger partial charge in [0.2, 0.25) is 0 Å². The van der Waals surface area contributed by atoms with Crippen LogP contribution in [-0.2, 0) is 9.84 Å². The van der Waals surface area contributed by atoms with Gasteiger partial charge in [0.15, 0.2) is 9.84 Å². The number of halogens is 1. The summed E-state index contributed by atoms with van der Waals surface area (Å²) in [5.41, 5.74) is 1.08. The predicted octanol–water partition coefficient (Wildman–Crippen LogP) is 2.69. The summed E-state index contributed by atoms with van der Waals surface area (Å²) in [5, 5.41) is 3.37. The maximum absolute atomic E-state index is 11.8. The Morgan fingerprint density at radius 2 is 2.15 bits per heavy atom. The topological polar surface area (TPSA) is 55.4 Å². The van der Waals surface area contributed by atoms with Crippen LogP contribution in [0.25, 0.3) is 0 Å². The number of rotatable bonds is 4. The minimum Gasteiger partial charge on any atom is -0.493 e. The Morgan fingerprint density at radius 1 is 1.45 bits per heavy atom. The third-order valence-corrected chi connectivity index (χ3v) is 6.43.